The number of hydrogen-bond donors (Lipinski definition) is 1. The van der Waals surface area contributed by atoms with Gasteiger partial charge in [-0.3, -0.25) is 0 Å². The monoisotopic (exact) mass is 270 g/mol. The summed E-state index contributed by atoms with van der Waals surface area (Å²) in [6.07, 6.45) is 2.76. The van der Waals surface area contributed by atoms with Crippen LogP contribution in [0.5, 0.6) is 0 Å². The van der Waals surface area contributed by atoms with Gasteiger partial charge in [0.2, 0.25) is 5.95 Å². The highest BCUT2D eigenvalue weighted by atomic mass is 35.5. The summed E-state index contributed by atoms with van der Waals surface area (Å²) < 4.78 is 0. The Balaban J connectivity index is 2.89. The number of nitrogens with zero attached hydrogens (tertiary/aromatic N) is 3. The van der Waals surface area contributed by atoms with E-state index in [1.165, 1.54) is 0 Å². The van der Waals surface area contributed by atoms with Gasteiger partial charge in [-0.25, -0.2) is 4.98 Å². The molecule has 1 rings (SSSR count). The fraction of sp³-hybridized carbons (Fsp3) is 0.692. The molecule has 0 aromatic carbocycles. The van der Waals surface area contributed by atoms with E-state index in [1.54, 1.807) is 6.20 Å². The Morgan fingerprint density at radius 1 is 1.39 bits per heavy atom. The molecule has 1 N–H and O–H groups in total. The smallest absolute Gasteiger partial charge is 0.224 e. The molecular formula is C13H23ClN4. The Morgan fingerprint density at radius 3 is 2.61 bits per heavy atom. The van der Waals surface area contributed by atoms with Crippen LogP contribution in [-0.4, -0.2) is 29.6 Å². The van der Waals surface area contributed by atoms with Gasteiger partial charge in [0.05, 0.1) is 6.20 Å². The van der Waals surface area contributed by atoms with Crippen molar-refractivity contribution in [1.29, 1.82) is 0 Å². The Bertz CT molecular complexity index is 381. The first kappa shape index (κ1) is 15.0. The fourth-order valence-electron chi connectivity index (χ4n) is 1.90. The van der Waals surface area contributed by atoms with E-state index in [4.69, 9.17) is 11.6 Å². The second kappa shape index (κ2) is 6.78. The molecule has 0 saturated heterocycles. The van der Waals surface area contributed by atoms with Gasteiger partial charge in [0.15, 0.2) is 5.82 Å². The SMILES string of the molecule is CCNc1ncc(Cl)c(N(C)C(C)CC(C)C)n1. The highest BCUT2D eigenvalue weighted by Gasteiger charge is 2.16. The number of nitrogens with one attached hydrogen (secondary N) is 1. The normalized spacial score (nSPS) is 12.6. The largest absolute Gasteiger partial charge is 0.356 e. The van der Waals surface area contributed by atoms with Crippen LogP contribution in [0.15, 0.2) is 6.20 Å². The van der Waals surface area contributed by atoms with E-state index < -0.39 is 0 Å². The summed E-state index contributed by atoms with van der Waals surface area (Å²) >= 11 is 6.18. The maximum absolute atomic E-state index is 6.18. The van der Waals surface area contributed by atoms with E-state index in [0.717, 1.165) is 18.8 Å². The lowest BCUT2D eigenvalue weighted by molar-refractivity contribution is 0.502. The molecule has 1 aromatic rings. The van der Waals surface area contributed by atoms with Crippen molar-refractivity contribution in [3.63, 3.8) is 0 Å². The minimum absolute atomic E-state index is 0.395. The highest BCUT2D eigenvalue weighted by Crippen LogP contribution is 2.25. The molecule has 1 atom stereocenters. The molecule has 0 amide bonds. The van der Waals surface area contributed by atoms with E-state index in [-0.39, 0.29) is 0 Å². The Hall–Kier alpha value is -1.03. The summed E-state index contributed by atoms with van der Waals surface area (Å²) in [5.74, 6) is 2.06. The summed E-state index contributed by atoms with van der Waals surface area (Å²) in [6, 6.07) is 0.395. The van der Waals surface area contributed by atoms with Crippen LogP contribution in [0.25, 0.3) is 0 Å². The third-order valence-corrected chi connectivity index (χ3v) is 3.13. The molecule has 0 radical (unpaired) electrons. The van der Waals surface area contributed by atoms with Gasteiger partial charge in [-0.15, -0.1) is 0 Å². The average molecular weight is 271 g/mol. The molecule has 1 heterocycles. The van der Waals surface area contributed by atoms with Gasteiger partial charge in [-0.1, -0.05) is 25.4 Å². The molecule has 102 valence electrons. The molecule has 0 aliphatic carbocycles. The number of anilines is 2. The third-order valence-electron chi connectivity index (χ3n) is 2.87. The van der Waals surface area contributed by atoms with Gasteiger partial charge in [0.1, 0.15) is 5.02 Å². The molecule has 0 saturated carbocycles. The van der Waals surface area contributed by atoms with Gasteiger partial charge in [0.25, 0.3) is 0 Å². The second-order valence-corrected chi connectivity index (χ2v) is 5.39. The summed E-state index contributed by atoms with van der Waals surface area (Å²) in [6.45, 7) is 9.44. The summed E-state index contributed by atoms with van der Waals surface area (Å²) in [4.78, 5) is 10.7. The van der Waals surface area contributed by atoms with Crippen LogP contribution in [0.3, 0.4) is 0 Å². The molecule has 0 aliphatic rings. The van der Waals surface area contributed by atoms with Crippen molar-refractivity contribution >= 4 is 23.4 Å². The average Bonchev–Trinajstić information content (AvgIpc) is 2.30. The molecule has 1 unspecified atom stereocenters. The van der Waals surface area contributed by atoms with Gasteiger partial charge >= 0.3 is 0 Å². The quantitative estimate of drug-likeness (QED) is 0.860. The van der Waals surface area contributed by atoms with Crippen molar-refractivity contribution < 1.29 is 0 Å². The van der Waals surface area contributed by atoms with Crippen LogP contribution in [0.4, 0.5) is 11.8 Å². The van der Waals surface area contributed by atoms with E-state index >= 15 is 0 Å². The van der Waals surface area contributed by atoms with Gasteiger partial charge in [-0.2, -0.15) is 4.98 Å². The van der Waals surface area contributed by atoms with Crippen LogP contribution in [0, 0.1) is 5.92 Å². The zero-order valence-corrected chi connectivity index (χ0v) is 12.6. The minimum Gasteiger partial charge on any atom is -0.356 e. The van der Waals surface area contributed by atoms with Gasteiger partial charge in [0, 0.05) is 19.6 Å². The number of halogens is 1. The van der Waals surface area contributed by atoms with E-state index in [0.29, 0.717) is 22.9 Å². The molecule has 0 spiro atoms. The molecule has 0 aliphatic heterocycles. The van der Waals surface area contributed by atoms with Crippen LogP contribution < -0.4 is 10.2 Å². The summed E-state index contributed by atoms with van der Waals surface area (Å²) in [7, 11) is 2.02. The first-order chi connectivity index (χ1) is 8.45. The number of hydrogen-bond acceptors (Lipinski definition) is 4. The summed E-state index contributed by atoms with van der Waals surface area (Å²) in [5.41, 5.74) is 0. The fourth-order valence-corrected chi connectivity index (χ4v) is 2.12. The van der Waals surface area contributed by atoms with Gasteiger partial charge < -0.3 is 10.2 Å². The zero-order chi connectivity index (χ0) is 13.7. The van der Waals surface area contributed by atoms with E-state index in [2.05, 4.69) is 41.0 Å². The van der Waals surface area contributed by atoms with Crippen molar-refractivity contribution in [3.05, 3.63) is 11.2 Å². The van der Waals surface area contributed by atoms with Crippen molar-refractivity contribution in [2.45, 2.75) is 40.2 Å². The van der Waals surface area contributed by atoms with Crippen LogP contribution in [-0.2, 0) is 0 Å². The Kier molecular flexibility index (Phi) is 5.66. The van der Waals surface area contributed by atoms with Crippen molar-refractivity contribution in [2.75, 3.05) is 23.8 Å². The van der Waals surface area contributed by atoms with Crippen molar-refractivity contribution in [2.24, 2.45) is 5.92 Å². The maximum Gasteiger partial charge on any atom is 0.224 e. The van der Waals surface area contributed by atoms with E-state index in [9.17, 15) is 0 Å². The summed E-state index contributed by atoms with van der Waals surface area (Å²) in [5, 5.41) is 3.69. The van der Waals surface area contributed by atoms with Gasteiger partial charge in [-0.05, 0) is 26.2 Å². The topological polar surface area (TPSA) is 41.1 Å². The minimum atomic E-state index is 0.395. The number of rotatable bonds is 6. The van der Waals surface area contributed by atoms with Crippen molar-refractivity contribution in [1.82, 2.24) is 9.97 Å². The Morgan fingerprint density at radius 2 is 2.06 bits per heavy atom. The molecule has 0 bridgehead atoms. The molecular weight excluding hydrogens is 248 g/mol. The third kappa shape index (κ3) is 4.02. The Labute approximate surface area is 115 Å². The first-order valence-corrected chi connectivity index (χ1v) is 6.82. The standard InChI is InChI=1S/C13H23ClN4/c1-6-15-13-16-8-11(14)12(17-13)18(5)10(4)7-9(2)3/h8-10H,6-7H2,1-5H3,(H,15,16,17). The molecule has 18 heavy (non-hydrogen) atoms. The van der Waals surface area contributed by atoms with Crippen LogP contribution in [0.1, 0.15) is 34.1 Å². The lowest BCUT2D eigenvalue weighted by Crippen LogP contribution is -2.31. The molecule has 4 nitrogen and oxygen atoms in total. The lowest BCUT2D eigenvalue weighted by atomic mass is 10.0. The molecule has 1 aromatic heterocycles. The predicted molar refractivity (Wildman–Crippen MR) is 78.5 cm³/mol. The highest BCUT2D eigenvalue weighted by molar-refractivity contribution is 6.32. The lowest BCUT2D eigenvalue weighted by Gasteiger charge is -2.28. The molecule has 5 heteroatoms. The van der Waals surface area contributed by atoms with Crippen LogP contribution in [0.2, 0.25) is 5.02 Å². The predicted octanol–water partition coefficient (Wildman–Crippen LogP) is 3.43. The second-order valence-electron chi connectivity index (χ2n) is 4.98. The van der Waals surface area contributed by atoms with Crippen LogP contribution >= 0.6 is 11.6 Å². The number of aromatic nitrogens is 2. The first-order valence-electron chi connectivity index (χ1n) is 6.44. The maximum atomic E-state index is 6.18. The zero-order valence-electron chi connectivity index (χ0n) is 11.9. The van der Waals surface area contributed by atoms with E-state index in [1.807, 2.05) is 14.0 Å². The molecule has 0 fully saturated rings. The van der Waals surface area contributed by atoms with Crippen molar-refractivity contribution in [3.8, 4) is 0 Å².